The van der Waals surface area contributed by atoms with Gasteiger partial charge in [-0.3, -0.25) is 0 Å². The number of sulfonamides is 1. The molecule has 14 heteroatoms. The van der Waals surface area contributed by atoms with Crippen LogP contribution in [0.25, 0.3) is 11.1 Å². The van der Waals surface area contributed by atoms with Gasteiger partial charge in [0.15, 0.2) is 11.6 Å². The number of ether oxygens (including phenoxy) is 1. The number of carbonyl (C=O) groups is 1. The smallest absolute Gasteiger partial charge is 0.427 e. The second kappa shape index (κ2) is 9.93. The fourth-order valence-electron chi connectivity index (χ4n) is 3.17. The number of thiazole rings is 1. The molecule has 1 aromatic carbocycles. The molecule has 194 valence electrons. The van der Waals surface area contributed by atoms with E-state index in [0.29, 0.717) is 16.1 Å². The van der Waals surface area contributed by atoms with Crippen molar-refractivity contribution in [3.63, 3.8) is 0 Å². The number of halogens is 3. The Kier molecular flexibility index (Phi) is 7.21. The number of hydrogen-bond donors (Lipinski definition) is 1. The van der Waals surface area contributed by atoms with Crippen LogP contribution in [0.15, 0.2) is 57.7 Å². The monoisotopic (exact) mass is 585 g/mol. The highest BCUT2D eigenvalue weighted by molar-refractivity contribution is 7.93. The number of hydrogen-bond acceptors (Lipinski definition) is 8. The normalized spacial score (nSPS) is 11.9. The standard InChI is InChI=1S/C23H18Cl2FN3O6S2/c1-23(2,3)21-28-20(11-36-21)29(22(30)31)37(32,33)18-7-14(24)16(8-15(18)26)35-17-9-27-19(25)6-13(17)12-4-5-34-10-12/h4-11H,1-3H3,(H,30,31). The molecule has 1 N–H and O–H groups in total. The number of rotatable bonds is 6. The van der Waals surface area contributed by atoms with Crippen molar-refractivity contribution in [2.45, 2.75) is 31.1 Å². The van der Waals surface area contributed by atoms with E-state index in [0.717, 1.165) is 23.5 Å². The Morgan fingerprint density at radius 2 is 1.95 bits per heavy atom. The predicted molar refractivity (Wildman–Crippen MR) is 137 cm³/mol. The Morgan fingerprint density at radius 1 is 1.22 bits per heavy atom. The second-order valence-electron chi connectivity index (χ2n) is 8.64. The lowest BCUT2D eigenvalue weighted by Crippen LogP contribution is -2.36. The largest absolute Gasteiger partial charge is 0.472 e. The fraction of sp³-hybridized carbons (Fsp3) is 0.174. The number of pyridine rings is 1. The number of nitrogens with zero attached hydrogens (tertiary/aromatic N) is 3. The van der Waals surface area contributed by atoms with Crippen molar-refractivity contribution in [2.24, 2.45) is 0 Å². The molecule has 0 atom stereocenters. The maximum Gasteiger partial charge on any atom is 0.427 e. The van der Waals surface area contributed by atoms with Crippen molar-refractivity contribution in [3.8, 4) is 22.6 Å². The summed E-state index contributed by atoms with van der Waals surface area (Å²) in [6.45, 7) is 5.50. The van der Waals surface area contributed by atoms with Crippen LogP contribution < -0.4 is 9.04 Å². The van der Waals surface area contributed by atoms with E-state index in [4.69, 9.17) is 32.4 Å². The molecule has 0 saturated heterocycles. The highest BCUT2D eigenvalue weighted by Gasteiger charge is 2.36. The van der Waals surface area contributed by atoms with Gasteiger partial charge in [-0.1, -0.05) is 44.0 Å². The molecule has 0 aliphatic carbocycles. The maximum absolute atomic E-state index is 15.2. The lowest BCUT2D eigenvalue weighted by atomic mass is 9.98. The molecule has 0 aliphatic heterocycles. The third-order valence-electron chi connectivity index (χ3n) is 4.91. The van der Waals surface area contributed by atoms with Crippen LogP contribution >= 0.6 is 34.5 Å². The number of amides is 1. The summed E-state index contributed by atoms with van der Waals surface area (Å²) < 4.78 is 52.5. The first-order valence-electron chi connectivity index (χ1n) is 10.4. The Hall–Kier alpha value is -3.19. The molecule has 37 heavy (non-hydrogen) atoms. The lowest BCUT2D eigenvalue weighted by Gasteiger charge is -2.19. The molecule has 0 unspecified atom stereocenters. The third kappa shape index (κ3) is 5.42. The van der Waals surface area contributed by atoms with Crippen LogP contribution in [0.1, 0.15) is 25.8 Å². The molecule has 0 fully saturated rings. The zero-order valence-electron chi connectivity index (χ0n) is 19.4. The van der Waals surface area contributed by atoms with Gasteiger partial charge in [0.05, 0.1) is 23.7 Å². The zero-order chi connectivity index (χ0) is 27.1. The quantitative estimate of drug-likeness (QED) is 0.235. The first-order valence-corrected chi connectivity index (χ1v) is 13.5. The molecule has 4 rings (SSSR count). The highest BCUT2D eigenvalue weighted by Crippen LogP contribution is 2.39. The van der Waals surface area contributed by atoms with E-state index in [1.54, 1.807) is 6.07 Å². The Labute approximate surface area is 225 Å². The van der Waals surface area contributed by atoms with E-state index in [1.165, 1.54) is 30.2 Å². The van der Waals surface area contributed by atoms with Gasteiger partial charge in [-0.2, -0.15) is 0 Å². The van der Waals surface area contributed by atoms with Gasteiger partial charge in [0.1, 0.15) is 26.6 Å². The number of carboxylic acid groups (broad SMARTS) is 1. The molecule has 0 aliphatic rings. The van der Waals surface area contributed by atoms with Crippen LogP contribution in [-0.2, 0) is 15.4 Å². The molecule has 0 radical (unpaired) electrons. The minimum Gasteiger partial charge on any atom is -0.472 e. The van der Waals surface area contributed by atoms with E-state index in [9.17, 15) is 18.3 Å². The summed E-state index contributed by atoms with van der Waals surface area (Å²) >= 11 is 13.3. The molecule has 3 aromatic heterocycles. The number of anilines is 1. The number of furan rings is 1. The van der Waals surface area contributed by atoms with Crippen LogP contribution in [0.2, 0.25) is 10.2 Å². The minimum atomic E-state index is -4.96. The van der Waals surface area contributed by atoms with E-state index < -0.39 is 32.2 Å². The van der Waals surface area contributed by atoms with Crippen molar-refractivity contribution >= 4 is 56.5 Å². The first kappa shape index (κ1) is 26.9. The lowest BCUT2D eigenvalue weighted by molar-refractivity contribution is 0.206. The SMILES string of the molecule is CC(C)(C)c1nc(N(C(=O)O)S(=O)(=O)c2cc(Cl)c(Oc3cnc(Cl)cc3-c3ccoc3)cc2F)cs1. The van der Waals surface area contributed by atoms with Gasteiger partial charge < -0.3 is 14.3 Å². The number of benzene rings is 1. The van der Waals surface area contributed by atoms with E-state index in [1.807, 2.05) is 20.8 Å². The van der Waals surface area contributed by atoms with Gasteiger partial charge in [-0.05, 0) is 18.2 Å². The Bertz CT molecular complexity index is 1580. The molecule has 0 saturated carbocycles. The van der Waals surface area contributed by atoms with E-state index >= 15 is 4.39 Å². The first-order chi connectivity index (χ1) is 17.3. The Balaban J connectivity index is 1.73. The van der Waals surface area contributed by atoms with Crippen molar-refractivity contribution < 1.29 is 31.9 Å². The molecule has 3 heterocycles. The third-order valence-corrected chi connectivity index (χ3v) is 8.36. The van der Waals surface area contributed by atoms with Crippen molar-refractivity contribution in [3.05, 3.63) is 69.4 Å². The summed E-state index contributed by atoms with van der Waals surface area (Å²) in [6.07, 6.45) is 2.28. The maximum atomic E-state index is 15.2. The van der Waals surface area contributed by atoms with Gasteiger partial charge in [0.2, 0.25) is 0 Å². The van der Waals surface area contributed by atoms with Gasteiger partial charge in [-0.15, -0.1) is 15.6 Å². The zero-order valence-corrected chi connectivity index (χ0v) is 22.5. The summed E-state index contributed by atoms with van der Waals surface area (Å²) in [6, 6.07) is 4.65. The predicted octanol–water partition coefficient (Wildman–Crippen LogP) is 7.21. The summed E-state index contributed by atoms with van der Waals surface area (Å²) in [5, 5.41) is 11.3. The van der Waals surface area contributed by atoms with Gasteiger partial charge in [0, 0.05) is 28.0 Å². The molecule has 9 nitrogen and oxygen atoms in total. The van der Waals surface area contributed by atoms with Crippen LogP contribution in [0.5, 0.6) is 11.5 Å². The van der Waals surface area contributed by atoms with Crippen molar-refractivity contribution in [1.29, 1.82) is 0 Å². The summed E-state index contributed by atoms with van der Waals surface area (Å²) in [5.41, 5.74) is 0.582. The van der Waals surface area contributed by atoms with Crippen LogP contribution in [-0.4, -0.2) is 29.6 Å². The number of aromatic nitrogens is 2. The average molecular weight is 586 g/mol. The van der Waals surface area contributed by atoms with Crippen molar-refractivity contribution in [2.75, 3.05) is 4.31 Å². The summed E-state index contributed by atoms with van der Waals surface area (Å²) in [7, 11) is -4.96. The molecular weight excluding hydrogens is 568 g/mol. The highest BCUT2D eigenvalue weighted by atomic mass is 35.5. The fourth-order valence-corrected chi connectivity index (χ4v) is 5.85. The van der Waals surface area contributed by atoms with E-state index in [2.05, 4.69) is 9.97 Å². The molecule has 4 aromatic rings. The van der Waals surface area contributed by atoms with Crippen LogP contribution in [0.3, 0.4) is 0 Å². The van der Waals surface area contributed by atoms with Crippen LogP contribution in [0, 0.1) is 5.82 Å². The van der Waals surface area contributed by atoms with E-state index in [-0.39, 0.29) is 31.8 Å². The van der Waals surface area contributed by atoms with Crippen LogP contribution in [0.4, 0.5) is 15.0 Å². The molecule has 1 amide bonds. The van der Waals surface area contributed by atoms with Gasteiger partial charge >= 0.3 is 6.09 Å². The van der Waals surface area contributed by atoms with Crippen molar-refractivity contribution in [1.82, 2.24) is 9.97 Å². The molecule has 0 spiro atoms. The summed E-state index contributed by atoms with van der Waals surface area (Å²) in [5.74, 6) is -1.77. The van der Waals surface area contributed by atoms with Gasteiger partial charge in [0.25, 0.3) is 10.0 Å². The van der Waals surface area contributed by atoms with Gasteiger partial charge in [-0.25, -0.2) is 27.6 Å². The molecular formula is C23H18Cl2FN3O6S2. The second-order valence-corrected chi connectivity index (χ2v) is 12.1. The topological polar surface area (TPSA) is 123 Å². The molecule has 0 bridgehead atoms. The average Bonchev–Trinajstić information content (AvgIpc) is 3.49. The summed E-state index contributed by atoms with van der Waals surface area (Å²) in [4.78, 5) is 19.1. The Morgan fingerprint density at radius 3 is 2.54 bits per heavy atom. The minimum absolute atomic E-state index is 0.00807.